The highest BCUT2D eigenvalue weighted by Gasteiger charge is 2.07. The van der Waals surface area contributed by atoms with Crippen molar-refractivity contribution < 1.29 is 9.47 Å². The SMILES string of the molecule is CCNc1cc(COC)nc(-c2ccc(COC)cc2)n1. The second kappa shape index (κ2) is 7.71. The van der Waals surface area contributed by atoms with Crippen molar-refractivity contribution in [2.24, 2.45) is 0 Å². The molecule has 21 heavy (non-hydrogen) atoms. The third kappa shape index (κ3) is 4.24. The van der Waals surface area contributed by atoms with Gasteiger partial charge in [-0.2, -0.15) is 0 Å². The van der Waals surface area contributed by atoms with E-state index in [1.807, 2.05) is 37.3 Å². The molecule has 0 atom stereocenters. The average molecular weight is 287 g/mol. The minimum Gasteiger partial charge on any atom is -0.380 e. The highest BCUT2D eigenvalue weighted by atomic mass is 16.5. The highest BCUT2D eigenvalue weighted by Crippen LogP contribution is 2.19. The highest BCUT2D eigenvalue weighted by molar-refractivity contribution is 5.58. The fourth-order valence-corrected chi connectivity index (χ4v) is 2.04. The quantitative estimate of drug-likeness (QED) is 0.848. The largest absolute Gasteiger partial charge is 0.380 e. The Morgan fingerprint density at radius 2 is 1.71 bits per heavy atom. The molecule has 2 aromatic rings. The van der Waals surface area contributed by atoms with Crippen molar-refractivity contribution in [2.75, 3.05) is 26.1 Å². The molecule has 0 unspecified atom stereocenters. The number of hydrogen-bond acceptors (Lipinski definition) is 5. The van der Waals surface area contributed by atoms with Crippen LogP contribution in [0.3, 0.4) is 0 Å². The maximum Gasteiger partial charge on any atom is 0.161 e. The zero-order valence-corrected chi connectivity index (χ0v) is 12.7. The lowest BCUT2D eigenvalue weighted by molar-refractivity contribution is 0.181. The molecule has 1 aromatic heterocycles. The molecule has 2 rings (SSSR count). The van der Waals surface area contributed by atoms with E-state index < -0.39 is 0 Å². The Balaban J connectivity index is 2.32. The summed E-state index contributed by atoms with van der Waals surface area (Å²) in [7, 11) is 3.35. The number of rotatable bonds is 7. The zero-order valence-electron chi connectivity index (χ0n) is 12.7. The number of anilines is 1. The zero-order chi connectivity index (χ0) is 15.1. The minimum atomic E-state index is 0.468. The Morgan fingerprint density at radius 1 is 1.00 bits per heavy atom. The first kappa shape index (κ1) is 15.4. The number of ether oxygens (including phenoxy) is 2. The number of benzene rings is 1. The van der Waals surface area contributed by atoms with Crippen molar-refractivity contribution in [3.63, 3.8) is 0 Å². The van der Waals surface area contributed by atoms with Gasteiger partial charge < -0.3 is 14.8 Å². The van der Waals surface area contributed by atoms with Gasteiger partial charge in [0, 0.05) is 32.4 Å². The molecule has 0 fully saturated rings. The molecule has 0 bridgehead atoms. The Morgan fingerprint density at radius 3 is 2.33 bits per heavy atom. The van der Waals surface area contributed by atoms with E-state index in [1.54, 1.807) is 14.2 Å². The number of hydrogen-bond donors (Lipinski definition) is 1. The maximum atomic E-state index is 5.17. The van der Waals surface area contributed by atoms with Gasteiger partial charge in [-0.05, 0) is 12.5 Å². The summed E-state index contributed by atoms with van der Waals surface area (Å²) < 4.78 is 10.3. The monoisotopic (exact) mass is 287 g/mol. The topological polar surface area (TPSA) is 56.3 Å². The molecule has 0 aliphatic carbocycles. The summed E-state index contributed by atoms with van der Waals surface area (Å²) in [5.74, 6) is 1.51. The smallest absolute Gasteiger partial charge is 0.161 e. The molecule has 0 saturated heterocycles. The van der Waals surface area contributed by atoms with E-state index in [4.69, 9.17) is 9.47 Å². The first-order chi connectivity index (χ1) is 10.3. The van der Waals surface area contributed by atoms with Crippen LogP contribution in [0.4, 0.5) is 5.82 Å². The molecule has 5 heteroatoms. The van der Waals surface area contributed by atoms with E-state index >= 15 is 0 Å². The molecule has 112 valence electrons. The molecule has 0 radical (unpaired) electrons. The first-order valence-corrected chi connectivity index (χ1v) is 6.95. The predicted molar refractivity (Wildman–Crippen MR) is 83.1 cm³/mol. The lowest BCUT2D eigenvalue weighted by Gasteiger charge is -2.09. The van der Waals surface area contributed by atoms with Crippen molar-refractivity contribution in [1.29, 1.82) is 0 Å². The summed E-state index contributed by atoms with van der Waals surface area (Å²) in [5, 5.41) is 3.22. The Hall–Kier alpha value is -1.98. The molecule has 0 aliphatic heterocycles. The number of nitrogens with zero attached hydrogens (tertiary/aromatic N) is 2. The number of nitrogens with one attached hydrogen (secondary N) is 1. The minimum absolute atomic E-state index is 0.468. The molecule has 1 N–H and O–H groups in total. The standard InChI is InChI=1S/C16H21N3O2/c1-4-17-15-9-14(11-21-3)18-16(19-15)13-7-5-12(6-8-13)10-20-2/h5-9H,4,10-11H2,1-3H3,(H,17,18,19). The normalized spacial score (nSPS) is 10.6. The van der Waals surface area contributed by atoms with Gasteiger partial charge in [-0.3, -0.25) is 0 Å². The second-order valence-electron chi connectivity index (χ2n) is 4.66. The molecule has 5 nitrogen and oxygen atoms in total. The molecule has 0 saturated carbocycles. The lowest BCUT2D eigenvalue weighted by atomic mass is 10.1. The Bertz CT molecular complexity index is 546. The van der Waals surface area contributed by atoms with Gasteiger partial charge in [-0.15, -0.1) is 0 Å². The molecule has 1 heterocycles. The summed E-state index contributed by atoms with van der Waals surface area (Å²) >= 11 is 0. The number of aromatic nitrogens is 2. The van der Waals surface area contributed by atoms with Crippen LogP contribution in [0, 0.1) is 0 Å². The van der Waals surface area contributed by atoms with Crippen LogP contribution in [0.5, 0.6) is 0 Å². The summed E-state index contributed by atoms with van der Waals surface area (Å²) in [6.45, 7) is 3.93. The summed E-state index contributed by atoms with van der Waals surface area (Å²) in [4.78, 5) is 9.09. The van der Waals surface area contributed by atoms with Crippen molar-refractivity contribution in [3.8, 4) is 11.4 Å². The fraction of sp³-hybridized carbons (Fsp3) is 0.375. The molecular formula is C16H21N3O2. The van der Waals surface area contributed by atoms with Crippen LogP contribution in [0.1, 0.15) is 18.2 Å². The van der Waals surface area contributed by atoms with Gasteiger partial charge in [-0.25, -0.2) is 9.97 Å². The van der Waals surface area contributed by atoms with E-state index in [9.17, 15) is 0 Å². The third-order valence-electron chi connectivity index (χ3n) is 2.95. The van der Waals surface area contributed by atoms with Crippen molar-refractivity contribution >= 4 is 5.82 Å². The van der Waals surface area contributed by atoms with E-state index in [0.29, 0.717) is 19.0 Å². The fourth-order valence-electron chi connectivity index (χ4n) is 2.04. The van der Waals surface area contributed by atoms with Crippen molar-refractivity contribution in [3.05, 3.63) is 41.6 Å². The van der Waals surface area contributed by atoms with E-state index in [2.05, 4.69) is 15.3 Å². The Labute approximate surface area is 125 Å². The van der Waals surface area contributed by atoms with Gasteiger partial charge in [0.25, 0.3) is 0 Å². The third-order valence-corrected chi connectivity index (χ3v) is 2.95. The van der Waals surface area contributed by atoms with Crippen LogP contribution in [-0.2, 0) is 22.7 Å². The summed E-state index contributed by atoms with van der Waals surface area (Å²) in [6, 6.07) is 9.98. The molecular weight excluding hydrogens is 266 g/mol. The van der Waals surface area contributed by atoms with Crippen LogP contribution in [0.25, 0.3) is 11.4 Å². The van der Waals surface area contributed by atoms with Gasteiger partial charge in [-0.1, -0.05) is 24.3 Å². The van der Waals surface area contributed by atoms with Crippen molar-refractivity contribution in [2.45, 2.75) is 20.1 Å². The average Bonchev–Trinajstić information content (AvgIpc) is 2.49. The van der Waals surface area contributed by atoms with Crippen LogP contribution < -0.4 is 5.32 Å². The predicted octanol–water partition coefficient (Wildman–Crippen LogP) is 2.87. The maximum absolute atomic E-state index is 5.17. The van der Waals surface area contributed by atoms with E-state index in [-0.39, 0.29) is 0 Å². The van der Waals surface area contributed by atoms with Crippen molar-refractivity contribution in [1.82, 2.24) is 9.97 Å². The Kier molecular flexibility index (Phi) is 5.66. The molecule has 0 aliphatic rings. The summed E-state index contributed by atoms with van der Waals surface area (Å²) in [5.41, 5.74) is 2.97. The second-order valence-corrected chi connectivity index (χ2v) is 4.66. The van der Waals surface area contributed by atoms with Gasteiger partial charge in [0.1, 0.15) is 5.82 Å². The number of methoxy groups -OCH3 is 2. The van der Waals surface area contributed by atoms with Gasteiger partial charge in [0.05, 0.1) is 18.9 Å². The van der Waals surface area contributed by atoms with Crippen LogP contribution in [-0.4, -0.2) is 30.7 Å². The van der Waals surface area contributed by atoms with Gasteiger partial charge in [0.15, 0.2) is 5.82 Å². The van der Waals surface area contributed by atoms with Gasteiger partial charge >= 0.3 is 0 Å². The van der Waals surface area contributed by atoms with Crippen LogP contribution in [0.15, 0.2) is 30.3 Å². The molecule has 1 aromatic carbocycles. The molecule has 0 amide bonds. The van der Waals surface area contributed by atoms with Gasteiger partial charge in [0.2, 0.25) is 0 Å². The van der Waals surface area contributed by atoms with Crippen LogP contribution >= 0.6 is 0 Å². The van der Waals surface area contributed by atoms with Crippen LogP contribution in [0.2, 0.25) is 0 Å². The molecule has 0 spiro atoms. The van der Waals surface area contributed by atoms with E-state index in [1.165, 1.54) is 0 Å². The summed E-state index contributed by atoms with van der Waals surface area (Å²) in [6.07, 6.45) is 0. The van der Waals surface area contributed by atoms with E-state index in [0.717, 1.165) is 29.2 Å². The first-order valence-electron chi connectivity index (χ1n) is 6.95. The lowest BCUT2D eigenvalue weighted by Crippen LogP contribution is -2.04.